The van der Waals surface area contributed by atoms with Gasteiger partial charge in [-0.05, 0) is 5.92 Å². The molecular formula is C8H19I. The van der Waals surface area contributed by atoms with E-state index in [2.05, 4.69) is 36.4 Å². The predicted octanol–water partition coefficient (Wildman–Crippen LogP) is 3.88. The van der Waals surface area contributed by atoms with Crippen LogP contribution in [0.2, 0.25) is 0 Å². The van der Waals surface area contributed by atoms with Crippen LogP contribution in [0.1, 0.15) is 40.5 Å². The van der Waals surface area contributed by atoms with Gasteiger partial charge in [0.25, 0.3) is 0 Å². The average molecular weight is 242 g/mol. The summed E-state index contributed by atoms with van der Waals surface area (Å²) in [5, 5.41) is 0. The van der Waals surface area contributed by atoms with Crippen molar-refractivity contribution in [2.75, 3.05) is 4.43 Å². The van der Waals surface area contributed by atoms with Gasteiger partial charge in [-0.2, -0.15) is 0 Å². The first-order valence-electron chi connectivity index (χ1n) is 3.91. The summed E-state index contributed by atoms with van der Waals surface area (Å²) >= 11 is 2.45. The van der Waals surface area contributed by atoms with E-state index < -0.39 is 0 Å². The third-order valence-corrected chi connectivity index (χ3v) is 2.62. The van der Waals surface area contributed by atoms with Crippen molar-refractivity contribution < 1.29 is 0 Å². The minimum atomic E-state index is 0.973. The lowest BCUT2D eigenvalue weighted by Gasteiger charge is -2.04. The van der Waals surface area contributed by atoms with E-state index in [0.29, 0.717) is 0 Å². The van der Waals surface area contributed by atoms with E-state index in [1.807, 2.05) is 13.8 Å². The maximum atomic E-state index is 2.45. The first-order chi connectivity index (χ1) is 4.35. The minimum Gasteiger partial charge on any atom is -0.0861 e. The van der Waals surface area contributed by atoms with Crippen molar-refractivity contribution in [3.63, 3.8) is 0 Å². The molecule has 0 radical (unpaired) electrons. The fourth-order valence-electron chi connectivity index (χ4n) is 0.507. The van der Waals surface area contributed by atoms with Crippen molar-refractivity contribution in [1.82, 2.24) is 0 Å². The Balaban J connectivity index is 0. The Hall–Kier alpha value is 0.730. The third kappa shape index (κ3) is 8.73. The summed E-state index contributed by atoms with van der Waals surface area (Å²) in [6.07, 6.45) is 2.69. The van der Waals surface area contributed by atoms with Crippen molar-refractivity contribution in [2.45, 2.75) is 40.5 Å². The van der Waals surface area contributed by atoms with E-state index in [1.165, 1.54) is 17.3 Å². The summed E-state index contributed by atoms with van der Waals surface area (Å²) in [6.45, 7) is 8.51. The van der Waals surface area contributed by atoms with Gasteiger partial charge in [-0.1, -0.05) is 63.1 Å². The largest absolute Gasteiger partial charge is 0.0861 e. The van der Waals surface area contributed by atoms with Crippen LogP contribution >= 0.6 is 22.6 Å². The van der Waals surface area contributed by atoms with E-state index in [1.54, 1.807) is 0 Å². The molecule has 9 heavy (non-hydrogen) atoms. The highest BCUT2D eigenvalue weighted by atomic mass is 127. The molecule has 0 heterocycles. The zero-order valence-corrected chi connectivity index (χ0v) is 9.23. The predicted molar refractivity (Wildman–Crippen MR) is 54.3 cm³/mol. The molecule has 0 aliphatic rings. The van der Waals surface area contributed by atoms with Gasteiger partial charge in [-0.3, -0.25) is 0 Å². The van der Waals surface area contributed by atoms with Crippen molar-refractivity contribution in [1.29, 1.82) is 0 Å². The van der Waals surface area contributed by atoms with Crippen molar-refractivity contribution in [3.05, 3.63) is 0 Å². The Morgan fingerprint density at radius 1 is 1.11 bits per heavy atom. The molecule has 0 atom stereocenters. The maximum absolute atomic E-state index is 2.45. The number of halogens is 1. The van der Waals surface area contributed by atoms with E-state index in [4.69, 9.17) is 0 Å². The Morgan fingerprint density at radius 2 is 1.44 bits per heavy atom. The van der Waals surface area contributed by atoms with E-state index in [-0.39, 0.29) is 0 Å². The number of hydrogen-bond acceptors (Lipinski definition) is 0. The van der Waals surface area contributed by atoms with Gasteiger partial charge in [0.15, 0.2) is 0 Å². The molecule has 0 aliphatic carbocycles. The summed E-state index contributed by atoms with van der Waals surface area (Å²) in [5.74, 6) is 0.973. The zero-order chi connectivity index (χ0) is 7.70. The zero-order valence-electron chi connectivity index (χ0n) is 7.08. The van der Waals surface area contributed by atoms with Gasteiger partial charge in [-0.25, -0.2) is 0 Å². The highest BCUT2D eigenvalue weighted by Gasteiger charge is 1.96. The molecule has 0 spiro atoms. The Bertz CT molecular complexity index is 26.0. The van der Waals surface area contributed by atoms with Crippen LogP contribution in [-0.4, -0.2) is 4.43 Å². The summed E-state index contributed by atoms with van der Waals surface area (Å²) in [6, 6.07) is 0. The second kappa shape index (κ2) is 11.5. The molecule has 0 N–H and O–H groups in total. The molecule has 1 heteroatoms. The second-order valence-corrected chi connectivity index (χ2v) is 2.72. The smallest absolute Gasteiger partial charge is 0.00234 e. The Morgan fingerprint density at radius 3 is 1.44 bits per heavy atom. The summed E-state index contributed by atoms with van der Waals surface area (Å²) in [4.78, 5) is 0. The molecule has 0 saturated carbocycles. The van der Waals surface area contributed by atoms with Crippen LogP contribution in [0.15, 0.2) is 0 Å². The van der Waals surface area contributed by atoms with Crippen LogP contribution in [0, 0.1) is 5.92 Å². The molecule has 0 bridgehead atoms. The van der Waals surface area contributed by atoms with Gasteiger partial charge in [-0.15, -0.1) is 0 Å². The number of hydrogen-bond donors (Lipinski definition) is 0. The molecule has 0 aromatic carbocycles. The summed E-state index contributed by atoms with van der Waals surface area (Å²) < 4.78 is 1.32. The normalized spacial score (nSPS) is 8.67. The lowest BCUT2D eigenvalue weighted by molar-refractivity contribution is 0.561. The van der Waals surface area contributed by atoms with Gasteiger partial charge < -0.3 is 0 Å². The lowest BCUT2D eigenvalue weighted by atomic mass is 10.1. The van der Waals surface area contributed by atoms with Crippen molar-refractivity contribution >= 4 is 22.6 Å². The van der Waals surface area contributed by atoms with Crippen LogP contribution in [0.3, 0.4) is 0 Å². The summed E-state index contributed by atoms with van der Waals surface area (Å²) in [5.41, 5.74) is 0. The lowest BCUT2D eigenvalue weighted by Crippen LogP contribution is -1.95. The van der Waals surface area contributed by atoms with Gasteiger partial charge >= 0.3 is 0 Å². The monoisotopic (exact) mass is 242 g/mol. The van der Waals surface area contributed by atoms with E-state index in [0.717, 1.165) is 5.92 Å². The molecule has 0 saturated heterocycles. The molecule has 0 rings (SSSR count). The topological polar surface area (TPSA) is 0 Å². The van der Waals surface area contributed by atoms with Crippen LogP contribution in [0.5, 0.6) is 0 Å². The molecule has 0 aliphatic heterocycles. The van der Waals surface area contributed by atoms with Crippen LogP contribution < -0.4 is 0 Å². The molecule has 0 unspecified atom stereocenters. The van der Waals surface area contributed by atoms with Crippen LogP contribution in [0.25, 0.3) is 0 Å². The molecule has 0 nitrogen and oxygen atoms in total. The number of rotatable bonds is 3. The molecule has 58 valence electrons. The fourth-order valence-corrected chi connectivity index (χ4v) is 1.75. The average Bonchev–Trinajstić information content (AvgIpc) is 1.96. The minimum absolute atomic E-state index is 0.973. The molecule has 0 fully saturated rings. The van der Waals surface area contributed by atoms with Gasteiger partial charge in [0.2, 0.25) is 0 Å². The van der Waals surface area contributed by atoms with Gasteiger partial charge in [0, 0.05) is 4.43 Å². The SMILES string of the molecule is CC.CCC(CC)CI. The molecule has 0 aromatic rings. The van der Waals surface area contributed by atoms with Crippen molar-refractivity contribution in [2.24, 2.45) is 5.92 Å². The number of alkyl halides is 1. The molecule has 0 amide bonds. The van der Waals surface area contributed by atoms with E-state index >= 15 is 0 Å². The Labute approximate surface area is 73.6 Å². The highest BCUT2D eigenvalue weighted by Crippen LogP contribution is 2.09. The quantitative estimate of drug-likeness (QED) is 0.520. The van der Waals surface area contributed by atoms with Gasteiger partial charge in [0.1, 0.15) is 0 Å². The van der Waals surface area contributed by atoms with E-state index in [9.17, 15) is 0 Å². The van der Waals surface area contributed by atoms with Crippen molar-refractivity contribution in [3.8, 4) is 0 Å². The second-order valence-electron chi connectivity index (χ2n) is 1.84. The third-order valence-electron chi connectivity index (χ3n) is 1.37. The fraction of sp³-hybridized carbons (Fsp3) is 1.00. The Kier molecular flexibility index (Phi) is 15.9. The van der Waals surface area contributed by atoms with Crippen LogP contribution in [0.4, 0.5) is 0 Å². The standard InChI is InChI=1S/C6H13I.C2H6/c1-3-6(4-2)5-7;1-2/h6H,3-5H2,1-2H3;1-2H3. The highest BCUT2D eigenvalue weighted by molar-refractivity contribution is 14.1. The van der Waals surface area contributed by atoms with Crippen LogP contribution in [-0.2, 0) is 0 Å². The molecule has 0 aromatic heterocycles. The first kappa shape index (κ1) is 12.4. The summed E-state index contributed by atoms with van der Waals surface area (Å²) in [7, 11) is 0. The maximum Gasteiger partial charge on any atom is 0.00234 e. The first-order valence-corrected chi connectivity index (χ1v) is 5.43. The molecular weight excluding hydrogens is 223 g/mol. The van der Waals surface area contributed by atoms with Gasteiger partial charge in [0.05, 0.1) is 0 Å².